The van der Waals surface area contributed by atoms with Crippen LogP contribution in [0, 0.1) is 0 Å². The van der Waals surface area contributed by atoms with E-state index in [0.717, 1.165) is 34.6 Å². The molecule has 9 amide bonds. The van der Waals surface area contributed by atoms with E-state index in [0.29, 0.717) is 23.8 Å². The molecule has 9 atom stereocenters. The van der Waals surface area contributed by atoms with E-state index < -0.39 is 115 Å². The molecule has 0 saturated carbocycles. The highest BCUT2D eigenvalue weighted by Crippen LogP contribution is 2.23. The summed E-state index contributed by atoms with van der Waals surface area (Å²) < 4.78 is 0. The van der Waals surface area contributed by atoms with Gasteiger partial charge in [0.2, 0.25) is 47.3 Å². The summed E-state index contributed by atoms with van der Waals surface area (Å²) in [5.41, 5.74) is 6.78. The van der Waals surface area contributed by atoms with Gasteiger partial charge in [0.05, 0.1) is 31.7 Å². The van der Waals surface area contributed by atoms with E-state index in [1.165, 1.54) is 13.8 Å². The Morgan fingerprint density at radius 1 is 0.831 bits per heavy atom. The zero-order valence-electron chi connectivity index (χ0n) is 35.9. The van der Waals surface area contributed by atoms with Gasteiger partial charge in [-0.25, -0.2) is 0 Å². The van der Waals surface area contributed by atoms with Crippen molar-refractivity contribution < 1.29 is 58.4 Å². The quantitative estimate of drug-likeness (QED) is 0.0709. The van der Waals surface area contributed by atoms with Gasteiger partial charge in [-0.1, -0.05) is 82.3 Å². The SMILES string of the molecule is C[C@@H]1NC(=O)[C@H](CC(N)=O)NC(=O)[C@@H](NC(=O)[C@H](Cc2ccccc2)NC(=O)[C@@H]2CCC[NH2+]2)CSSC[C@@H](C=O)NC(=O)CNC(=O)[C@H]([C@@H](C)O)NC(=O)[C@H](Cc2ccccc2)NC1=O. The molecular weight excluding hydrogens is 885 g/mol. The van der Waals surface area contributed by atoms with Crippen LogP contribution in [0.4, 0.5) is 0 Å². The lowest BCUT2D eigenvalue weighted by atomic mass is 10.0. The van der Waals surface area contributed by atoms with E-state index in [2.05, 4.69) is 42.5 Å². The molecule has 23 heteroatoms. The molecule has 0 bridgehead atoms. The maximum Gasteiger partial charge on any atom is 0.278 e. The number of amides is 9. The molecule has 21 nitrogen and oxygen atoms in total. The van der Waals surface area contributed by atoms with Gasteiger partial charge in [0.1, 0.15) is 42.5 Å². The molecule has 0 unspecified atom stereocenters. The summed E-state index contributed by atoms with van der Waals surface area (Å²) in [6.07, 6.45) is -0.388. The number of quaternary nitrogens is 1. The minimum atomic E-state index is -1.67. The molecule has 2 saturated heterocycles. The minimum Gasteiger partial charge on any atom is -0.391 e. The first-order valence-electron chi connectivity index (χ1n) is 21.0. The molecule has 2 aromatic carbocycles. The number of aldehydes is 1. The predicted molar refractivity (Wildman–Crippen MR) is 239 cm³/mol. The summed E-state index contributed by atoms with van der Waals surface area (Å²) in [5.74, 6) is -7.86. The lowest BCUT2D eigenvalue weighted by molar-refractivity contribution is -0.657. The number of carbonyl (C=O) groups is 10. The topological polar surface area (TPSA) is 330 Å². The third kappa shape index (κ3) is 17.1. The second-order valence-corrected chi connectivity index (χ2v) is 18.2. The molecule has 2 fully saturated rings. The van der Waals surface area contributed by atoms with Crippen molar-refractivity contribution in [3.8, 4) is 0 Å². The van der Waals surface area contributed by atoms with Gasteiger partial charge in [0, 0.05) is 37.2 Å². The molecule has 0 aliphatic carbocycles. The Bertz CT molecular complexity index is 2010. The first-order valence-corrected chi connectivity index (χ1v) is 23.5. The Morgan fingerprint density at radius 2 is 1.46 bits per heavy atom. The van der Waals surface area contributed by atoms with Gasteiger partial charge >= 0.3 is 0 Å². The van der Waals surface area contributed by atoms with E-state index in [4.69, 9.17) is 5.73 Å². The van der Waals surface area contributed by atoms with Crippen LogP contribution in [-0.4, -0.2) is 144 Å². The first kappa shape index (κ1) is 51.6. The number of nitrogens with one attached hydrogen (secondary N) is 8. The summed E-state index contributed by atoms with van der Waals surface area (Å²) >= 11 is 0. The Hall–Kier alpha value is -6.04. The molecule has 13 N–H and O–H groups in total. The van der Waals surface area contributed by atoms with Crippen molar-refractivity contribution in [1.29, 1.82) is 0 Å². The Balaban J connectivity index is 1.64. The fraction of sp³-hybridized carbons (Fsp3) is 0.476. The third-order valence-corrected chi connectivity index (χ3v) is 12.8. The zero-order chi connectivity index (χ0) is 47.5. The van der Waals surface area contributed by atoms with Crippen LogP contribution < -0.4 is 53.6 Å². The molecule has 4 rings (SSSR count). The Labute approximate surface area is 383 Å². The van der Waals surface area contributed by atoms with Gasteiger partial charge in [0.15, 0.2) is 6.04 Å². The number of hydrogen-bond donors (Lipinski definition) is 11. The molecule has 0 spiro atoms. The van der Waals surface area contributed by atoms with Crippen LogP contribution in [0.1, 0.15) is 44.2 Å². The number of aliphatic hydroxyl groups is 1. The van der Waals surface area contributed by atoms with Crippen molar-refractivity contribution in [2.75, 3.05) is 24.6 Å². The van der Waals surface area contributed by atoms with Crippen LogP contribution in [0.2, 0.25) is 0 Å². The number of aliphatic hydroxyl groups excluding tert-OH is 1. The predicted octanol–water partition coefficient (Wildman–Crippen LogP) is -4.42. The van der Waals surface area contributed by atoms with Crippen molar-refractivity contribution in [3.63, 3.8) is 0 Å². The van der Waals surface area contributed by atoms with Crippen LogP contribution in [0.25, 0.3) is 0 Å². The highest BCUT2D eigenvalue weighted by atomic mass is 33.1. The van der Waals surface area contributed by atoms with Crippen molar-refractivity contribution >= 4 is 81.0 Å². The molecular formula is C42H57N10O11S2+. The van der Waals surface area contributed by atoms with Crippen LogP contribution in [0.3, 0.4) is 0 Å². The number of primary amides is 1. The van der Waals surface area contributed by atoms with E-state index in [1.54, 1.807) is 60.7 Å². The molecule has 2 aliphatic rings. The van der Waals surface area contributed by atoms with Crippen molar-refractivity contribution in [1.82, 2.24) is 42.5 Å². The number of carbonyl (C=O) groups excluding carboxylic acids is 10. The largest absolute Gasteiger partial charge is 0.391 e. The number of rotatable bonds is 12. The number of hydrogen-bond acceptors (Lipinski definition) is 13. The fourth-order valence-electron chi connectivity index (χ4n) is 6.77. The smallest absolute Gasteiger partial charge is 0.278 e. The first-order chi connectivity index (χ1) is 31.0. The van der Waals surface area contributed by atoms with E-state index in [-0.39, 0.29) is 30.3 Å². The van der Waals surface area contributed by atoms with E-state index >= 15 is 0 Å². The minimum absolute atomic E-state index is 0.0541. The third-order valence-electron chi connectivity index (χ3n) is 10.3. The number of nitrogens with two attached hydrogens (primary N) is 2. The van der Waals surface area contributed by atoms with Crippen LogP contribution in [0.5, 0.6) is 0 Å². The molecule has 2 aliphatic heterocycles. The highest BCUT2D eigenvalue weighted by Gasteiger charge is 2.36. The fourth-order valence-corrected chi connectivity index (χ4v) is 9.07. The molecule has 352 valence electrons. The van der Waals surface area contributed by atoms with Gasteiger partial charge in [-0.15, -0.1) is 0 Å². The van der Waals surface area contributed by atoms with Gasteiger partial charge in [0.25, 0.3) is 5.91 Å². The van der Waals surface area contributed by atoms with E-state index in [9.17, 15) is 53.1 Å². The zero-order valence-corrected chi connectivity index (χ0v) is 37.5. The highest BCUT2D eigenvalue weighted by molar-refractivity contribution is 8.76. The van der Waals surface area contributed by atoms with Gasteiger partial charge < -0.3 is 63.5 Å². The lowest BCUT2D eigenvalue weighted by Crippen LogP contribution is -2.89. The van der Waals surface area contributed by atoms with Crippen molar-refractivity contribution in [3.05, 3.63) is 71.8 Å². The number of benzene rings is 2. The van der Waals surface area contributed by atoms with Crippen LogP contribution in [-0.2, 0) is 60.8 Å². The van der Waals surface area contributed by atoms with Crippen LogP contribution in [0.15, 0.2) is 60.7 Å². The maximum absolute atomic E-state index is 14.1. The summed E-state index contributed by atoms with van der Waals surface area (Å²) in [6, 6.07) is 7.20. The second-order valence-electron chi connectivity index (χ2n) is 15.6. The molecule has 0 radical (unpaired) electrons. The summed E-state index contributed by atoms with van der Waals surface area (Å²) in [7, 11) is 2.05. The van der Waals surface area contributed by atoms with Crippen molar-refractivity contribution in [2.45, 2.75) is 100 Å². The summed E-state index contributed by atoms with van der Waals surface area (Å²) in [5, 5.41) is 32.4. The Morgan fingerprint density at radius 3 is 2.08 bits per heavy atom. The summed E-state index contributed by atoms with van der Waals surface area (Å²) in [6.45, 7) is 2.60. The Kier molecular flexibility index (Phi) is 20.7. The molecule has 0 aromatic heterocycles. The maximum atomic E-state index is 14.1. The summed E-state index contributed by atoms with van der Waals surface area (Å²) in [4.78, 5) is 133. The lowest BCUT2D eigenvalue weighted by Gasteiger charge is -2.27. The average molecular weight is 942 g/mol. The molecule has 2 heterocycles. The molecule has 2 aromatic rings. The van der Waals surface area contributed by atoms with Crippen molar-refractivity contribution in [2.24, 2.45) is 5.73 Å². The van der Waals surface area contributed by atoms with Crippen LogP contribution >= 0.6 is 21.6 Å². The van der Waals surface area contributed by atoms with Gasteiger partial charge in [-0.05, 0) is 25.0 Å². The average Bonchev–Trinajstić information content (AvgIpc) is 3.83. The van der Waals surface area contributed by atoms with Gasteiger partial charge in [-0.3, -0.25) is 43.2 Å². The second kappa shape index (κ2) is 26.1. The normalized spacial score (nSPS) is 25.4. The molecule has 65 heavy (non-hydrogen) atoms. The standard InChI is InChI=1S/C42H56N10O11S2/c1-23-36(57)48-30(17-26-12-7-4-8-13-26)40(61)52-35(24(2)54)42(63)45-19-34(56)47-27(20-53)21-64-65-22-32(41(62)50-31(18-33(43)55)38(59)46-23)51-39(60)29(16-25-10-5-3-6-11-25)49-37(58)28-14-9-15-44-28/h3-8,10-13,20,23-24,27-32,35,44,54H,9,14-19,21-22H2,1-2H3,(H2,43,55)(H,45,63)(H,46,59)(H,47,56)(H,48,57)(H,49,58)(H,50,62)(H,51,60)(H,52,61)/p+1/t23-,24+,27+,28-,29-,30-,31-,32-,35-/m0/s1. The van der Waals surface area contributed by atoms with E-state index in [1.807, 2.05) is 5.32 Å². The van der Waals surface area contributed by atoms with Gasteiger partial charge in [-0.2, -0.15) is 0 Å². The monoisotopic (exact) mass is 941 g/mol.